The number of fused-ring (bicyclic) bond motifs is 2. The molecule has 8 nitrogen and oxygen atoms in total. The molecule has 0 radical (unpaired) electrons. The maximum Gasteiger partial charge on any atom is 0.237 e. The predicted octanol–water partition coefficient (Wildman–Crippen LogP) is 4.27. The van der Waals surface area contributed by atoms with E-state index in [1.165, 1.54) is 0 Å². The molecule has 0 aliphatic carbocycles. The number of carbonyl (C=O) groups excluding carboxylic acids is 2. The molecule has 2 aromatic carbocycles. The average Bonchev–Trinajstić information content (AvgIpc) is 3.53. The van der Waals surface area contributed by atoms with E-state index in [4.69, 9.17) is 5.11 Å². The van der Waals surface area contributed by atoms with Gasteiger partial charge in [0.15, 0.2) is 5.82 Å². The van der Waals surface area contributed by atoms with Crippen LogP contribution in [0.2, 0.25) is 0 Å². The molecule has 208 valence electrons. The highest BCUT2D eigenvalue weighted by atomic mass is 19.1. The first-order valence-electron chi connectivity index (χ1n) is 13.3. The van der Waals surface area contributed by atoms with Gasteiger partial charge in [-0.3, -0.25) is 14.3 Å². The molecule has 2 amide bonds. The summed E-state index contributed by atoms with van der Waals surface area (Å²) >= 11 is 0. The van der Waals surface area contributed by atoms with Crippen LogP contribution >= 0.6 is 0 Å². The fourth-order valence-electron chi connectivity index (χ4n) is 5.85. The van der Waals surface area contributed by atoms with Crippen molar-refractivity contribution < 1.29 is 19.1 Å². The van der Waals surface area contributed by atoms with Crippen molar-refractivity contribution >= 4 is 23.8 Å². The molecule has 2 aliphatic rings. The highest BCUT2D eigenvalue weighted by Crippen LogP contribution is 2.54. The first-order chi connectivity index (χ1) is 18.5. The highest BCUT2D eigenvalue weighted by molar-refractivity contribution is 6.08. The lowest BCUT2D eigenvalue weighted by atomic mass is 9.63. The van der Waals surface area contributed by atoms with Crippen LogP contribution in [0.5, 0.6) is 0 Å². The minimum absolute atomic E-state index is 0.0155. The molecule has 3 atom stereocenters. The summed E-state index contributed by atoms with van der Waals surface area (Å²) in [7, 11) is 0. The highest BCUT2D eigenvalue weighted by Gasteiger charge is 2.61. The average molecular weight is 536 g/mol. The number of hydrogen-bond donors (Lipinski definition) is 4. The van der Waals surface area contributed by atoms with Crippen molar-refractivity contribution in [3.63, 3.8) is 0 Å². The SMILES string of the molecule is Cc1ccc2c(c1)NC(=O)[C@@]21C(CC(C)(C)C)NCC1c1cccc(C)c1F.O=CNc1ccn(CCO)n1. The number of nitrogens with one attached hydrogen (secondary N) is 3. The van der Waals surface area contributed by atoms with E-state index in [0.29, 0.717) is 36.4 Å². The lowest BCUT2D eigenvalue weighted by Crippen LogP contribution is -2.49. The van der Waals surface area contributed by atoms with Crippen LogP contribution < -0.4 is 16.0 Å². The Balaban J connectivity index is 0.000000270. The van der Waals surface area contributed by atoms with E-state index in [1.807, 2.05) is 25.1 Å². The maximum absolute atomic E-state index is 15.2. The van der Waals surface area contributed by atoms with Crippen LogP contribution in [0.3, 0.4) is 0 Å². The van der Waals surface area contributed by atoms with Crippen LogP contribution in [-0.4, -0.2) is 46.4 Å². The molecule has 9 heteroatoms. The van der Waals surface area contributed by atoms with E-state index < -0.39 is 5.41 Å². The maximum atomic E-state index is 15.2. The first kappa shape index (κ1) is 28.4. The van der Waals surface area contributed by atoms with Gasteiger partial charge in [0.2, 0.25) is 12.3 Å². The van der Waals surface area contributed by atoms with Gasteiger partial charge in [-0.25, -0.2) is 4.39 Å². The van der Waals surface area contributed by atoms with Gasteiger partial charge in [0.1, 0.15) is 5.82 Å². The smallest absolute Gasteiger partial charge is 0.237 e. The summed E-state index contributed by atoms with van der Waals surface area (Å²) in [6, 6.07) is 13.3. The number of rotatable bonds is 6. The van der Waals surface area contributed by atoms with Gasteiger partial charge < -0.3 is 21.1 Å². The zero-order chi connectivity index (χ0) is 28.4. The number of aliphatic hydroxyl groups is 1. The van der Waals surface area contributed by atoms with E-state index in [9.17, 15) is 9.59 Å². The molecule has 1 saturated heterocycles. The number of halogens is 1. The molecule has 3 aromatic rings. The molecule has 2 aliphatic heterocycles. The van der Waals surface area contributed by atoms with Crippen molar-refractivity contribution in [2.75, 3.05) is 23.8 Å². The fourth-order valence-corrected chi connectivity index (χ4v) is 5.85. The van der Waals surface area contributed by atoms with Crippen LogP contribution in [0.25, 0.3) is 0 Å². The Kier molecular flexibility index (Phi) is 8.23. The predicted molar refractivity (Wildman–Crippen MR) is 150 cm³/mol. The van der Waals surface area contributed by atoms with Crippen LogP contribution in [0.4, 0.5) is 15.9 Å². The third kappa shape index (κ3) is 5.60. The summed E-state index contributed by atoms with van der Waals surface area (Å²) in [5, 5.41) is 21.5. The molecule has 0 bridgehead atoms. The molecule has 5 rings (SSSR count). The molecular formula is C30H38FN5O3. The Morgan fingerprint density at radius 1 is 1.23 bits per heavy atom. The molecule has 1 fully saturated rings. The van der Waals surface area contributed by atoms with Crippen molar-refractivity contribution in [3.05, 3.63) is 76.7 Å². The number of benzene rings is 2. The summed E-state index contributed by atoms with van der Waals surface area (Å²) in [5.74, 6) is 0.0360. The summed E-state index contributed by atoms with van der Waals surface area (Å²) in [4.78, 5) is 23.5. The van der Waals surface area contributed by atoms with Gasteiger partial charge in [0.05, 0.1) is 18.6 Å². The monoisotopic (exact) mass is 535 g/mol. The minimum Gasteiger partial charge on any atom is -0.394 e. The normalized spacial score (nSPS) is 21.8. The number of nitrogens with zero attached hydrogens (tertiary/aromatic N) is 2. The number of anilines is 2. The zero-order valence-electron chi connectivity index (χ0n) is 23.2. The van der Waals surface area contributed by atoms with Gasteiger partial charge in [-0.15, -0.1) is 0 Å². The van der Waals surface area contributed by atoms with Crippen LogP contribution in [-0.2, 0) is 21.5 Å². The second-order valence-electron chi connectivity index (χ2n) is 11.6. The quantitative estimate of drug-likeness (QED) is 0.353. The standard InChI is InChI=1S/C24H29FN2O.C6H9N3O2/c1-14-9-10-17-19(11-14)27-22(28)24(17)18(13-26-20(24)12-23(3,4)5)16-8-6-7-15(2)21(16)25;10-4-3-9-2-1-6(8-9)7-5-11/h6-11,18,20,26H,12-13H2,1-5H3,(H,27,28);1-2,5,10H,3-4H2,(H,7,8,11)/t18?,20?,24-;/m0./s1. The molecule has 0 saturated carbocycles. The molecule has 1 aromatic heterocycles. The number of aliphatic hydroxyl groups excluding tert-OH is 1. The molecule has 4 N–H and O–H groups in total. The second-order valence-corrected chi connectivity index (χ2v) is 11.6. The van der Waals surface area contributed by atoms with Crippen molar-refractivity contribution in [2.45, 2.75) is 65.0 Å². The van der Waals surface area contributed by atoms with E-state index in [-0.39, 0.29) is 35.7 Å². The molecule has 39 heavy (non-hydrogen) atoms. The summed E-state index contributed by atoms with van der Waals surface area (Å²) in [6.07, 6.45) is 3.07. The third-order valence-corrected chi connectivity index (χ3v) is 7.50. The van der Waals surface area contributed by atoms with Gasteiger partial charge >= 0.3 is 0 Å². The lowest BCUT2D eigenvalue weighted by molar-refractivity contribution is -0.122. The molecule has 2 unspecified atom stereocenters. The molecular weight excluding hydrogens is 497 g/mol. The van der Waals surface area contributed by atoms with Gasteiger partial charge in [-0.2, -0.15) is 5.10 Å². The summed E-state index contributed by atoms with van der Waals surface area (Å²) < 4.78 is 16.7. The number of amides is 2. The lowest BCUT2D eigenvalue weighted by Gasteiger charge is -2.37. The Bertz CT molecular complexity index is 1350. The molecule has 3 heterocycles. The van der Waals surface area contributed by atoms with E-state index in [2.05, 4.69) is 54.0 Å². The van der Waals surface area contributed by atoms with Gasteiger partial charge in [-0.05, 0) is 54.0 Å². The van der Waals surface area contributed by atoms with Crippen molar-refractivity contribution in [1.82, 2.24) is 15.1 Å². The van der Waals surface area contributed by atoms with Crippen LogP contribution in [0.15, 0.2) is 48.7 Å². The molecule has 1 spiro atoms. The van der Waals surface area contributed by atoms with Gasteiger partial charge in [0, 0.05) is 36.5 Å². The van der Waals surface area contributed by atoms with E-state index >= 15 is 4.39 Å². The fraction of sp³-hybridized carbons (Fsp3) is 0.433. The summed E-state index contributed by atoms with van der Waals surface area (Å²) in [6.45, 7) is 11.4. The third-order valence-electron chi connectivity index (χ3n) is 7.50. The van der Waals surface area contributed by atoms with Crippen molar-refractivity contribution in [1.29, 1.82) is 0 Å². The van der Waals surface area contributed by atoms with Crippen molar-refractivity contribution in [2.24, 2.45) is 5.41 Å². The van der Waals surface area contributed by atoms with Crippen LogP contribution in [0, 0.1) is 25.1 Å². The van der Waals surface area contributed by atoms with E-state index in [0.717, 1.165) is 23.2 Å². The number of hydrogen-bond acceptors (Lipinski definition) is 5. The van der Waals surface area contributed by atoms with Crippen LogP contribution in [0.1, 0.15) is 55.4 Å². The number of aryl methyl sites for hydroxylation is 2. The van der Waals surface area contributed by atoms with Gasteiger partial charge in [0.25, 0.3) is 0 Å². The van der Waals surface area contributed by atoms with Gasteiger partial charge in [-0.1, -0.05) is 51.1 Å². The topological polar surface area (TPSA) is 108 Å². The Morgan fingerprint density at radius 2 is 2.00 bits per heavy atom. The first-order valence-corrected chi connectivity index (χ1v) is 13.3. The Morgan fingerprint density at radius 3 is 2.69 bits per heavy atom. The minimum atomic E-state index is -0.801. The summed E-state index contributed by atoms with van der Waals surface area (Å²) in [5.41, 5.74) is 3.46. The Hall–Kier alpha value is -3.56. The largest absolute Gasteiger partial charge is 0.394 e. The van der Waals surface area contributed by atoms with E-state index in [1.54, 1.807) is 29.9 Å². The number of carbonyl (C=O) groups is 2. The zero-order valence-corrected chi connectivity index (χ0v) is 23.2. The number of aromatic nitrogens is 2. The second kappa shape index (κ2) is 11.3. The van der Waals surface area contributed by atoms with Crippen molar-refractivity contribution in [3.8, 4) is 0 Å². The Labute approximate surface area is 229 Å².